The first kappa shape index (κ1) is 19.3. The molecule has 0 saturated heterocycles. The third-order valence-corrected chi connectivity index (χ3v) is 4.00. The lowest BCUT2D eigenvalue weighted by atomic mass is 10.2. The van der Waals surface area contributed by atoms with Crippen LogP contribution in [0.3, 0.4) is 0 Å². The molecule has 0 bridgehead atoms. The lowest BCUT2D eigenvalue weighted by Gasteiger charge is -2.10. The molecule has 0 unspecified atom stereocenters. The number of amides is 2. The van der Waals surface area contributed by atoms with E-state index in [1.807, 2.05) is 0 Å². The van der Waals surface area contributed by atoms with Gasteiger partial charge in [-0.05, 0) is 49.4 Å². The third kappa shape index (κ3) is 5.05. The number of carbonyl (C=O) groups is 2. The number of hydrogen-bond acceptors (Lipinski definition) is 5. The van der Waals surface area contributed by atoms with Gasteiger partial charge in [0.1, 0.15) is 5.69 Å². The number of benzene rings is 2. The van der Waals surface area contributed by atoms with Gasteiger partial charge in [0.2, 0.25) is 11.9 Å². The summed E-state index contributed by atoms with van der Waals surface area (Å²) >= 11 is 6.08. The van der Waals surface area contributed by atoms with E-state index in [-0.39, 0.29) is 23.5 Å². The lowest BCUT2D eigenvalue weighted by molar-refractivity contribution is -0.114. The zero-order chi connectivity index (χ0) is 20.1. The number of para-hydroxylation sites is 1. The quantitative estimate of drug-likeness (QED) is 0.595. The Bertz CT molecular complexity index is 1020. The van der Waals surface area contributed by atoms with Crippen LogP contribution in [0.1, 0.15) is 23.1 Å². The van der Waals surface area contributed by atoms with Gasteiger partial charge in [0.15, 0.2) is 0 Å². The molecule has 1 aromatic heterocycles. The van der Waals surface area contributed by atoms with Crippen molar-refractivity contribution in [3.05, 3.63) is 71.0 Å². The smallest absolute Gasteiger partial charge is 0.274 e. The van der Waals surface area contributed by atoms with Crippen molar-refractivity contribution in [3.8, 4) is 0 Å². The molecule has 0 radical (unpaired) electrons. The van der Waals surface area contributed by atoms with E-state index in [9.17, 15) is 9.59 Å². The van der Waals surface area contributed by atoms with Gasteiger partial charge in [0.05, 0.1) is 10.7 Å². The Morgan fingerprint density at radius 2 is 1.61 bits per heavy atom. The number of hydrogen-bond donors (Lipinski definition) is 3. The average molecular weight is 396 g/mol. The number of carbonyl (C=O) groups excluding carboxylic acids is 2. The largest absolute Gasteiger partial charge is 0.326 e. The van der Waals surface area contributed by atoms with Crippen LogP contribution in [0.25, 0.3) is 0 Å². The lowest BCUT2D eigenvalue weighted by Crippen LogP contribution is -2.15. The molecule has 142 valence electrons. The van der Waals surface area contributed by atoms with Crippen molar-refractivity contribution in [2.45, 2.75) is 13.8 Å². The molecule has 0 spiro atoms. The van der Waals surface area contributed by atoms with Gasteiger partial charge in [0.25, 0.3) is 5.91 Å². The maximum Gasteiger partial charge on any atom is 0.274 e. The molecule has 1 heterocycles. The number of nitrogens with one attached hydrogen (secondary N) is 3. The van der Waals surface area contributed by atoms with E-state index >= 15 is 0 Å². The van der Waals surface area contributed by atoms with Crippen LogP contribution in [0.2, 0.25) is 5.02 Å². The second-order valence-corrected chi connectivity index (χ2v) is 6.44. The van der Waals surface area contributed by atoms with Crippen molar-refractivity contribution in [1.82, 2.24) is 9.97 Å². The molecule has 2 aromatic carbocycles. The van der Waals surface area contributed by atoms with E-state index in [4.69, 9.17) is 11.6 Å². The van der Waals surface area contributed by atoms with Crippen LogP contribution in [0, 0.1) is 6.92 Å². The number of rotatable bonds is 5. The molecule has 0 aliphatic heterocycles. The normalized spacial score (nSPS) is 10.2. The van der Waals surface area contributed by atoms with Crippen molar-refractivity contribution in [2.75, 3.05) is 16.0 Å². The Balaban J connectivity index is 1.76. The fourth-order valence-electron chi connectivity index (χ4n) is 2.46. The summed E-state index contributed by atoms with van der Waals surface area (Å²) in [5, 5.41) is 8.93. The van der Waals surface area contributed by atoms with Crippen LogP contribution in [-0.4, -0.2) is 21.8 Å². The van der Waals surface area contributed by atoms with Gasteiger partial charge in [-0.2, -0.15) is 0 Å². The number of aryl methyl sites for hydroxylation is 1. The van der Waals surface area contributed by atoms with Crippen LogP contribution in [0.5, 0.6) is 0 Å². The predicted octanol–water partition coefficient (Wildman–Crippen LogP) is 4.39. The number of aromatic nitrogens is 2. The SMILES string of the molecule is CC(=O)Nc1ccc(Nc2nc(C)cc(C(=O)Nc3ccccc3Cl)n2)cc1. The Kier molecular flexibility index (Phi) is 5.86. The number of halogens is 1. The van der Waals surface area contributed by atoms with Crippen molar-refractivity contribution >= 4 is 46.4 Å². The summed E-state index contributed by atoms with van der Waals surface area (Å²) in [7, 11) is 0. The highest BCUT2D eigenvalue weighted by molar-refractivity contribution is 6.33. The van der Waals surface area contributed by atoms with E-state index in [2.05, 4.69) is 25.9 Å². The van der Waals surface area contributed by atoms with Gasteiger partial charge in [-0.3, -0.25) is 9.59 Å². The molecular formula is C20H18ClN5O2. The fourth-order valence-corrected chi connectivity index (χ4v) is 2.64. The summed E-state index contributed by atoms with van der Waals surface area (Å²) in [6, 6.07) is 15.6. The summed E-state index contributed by atoms with van der Waals surface area (Å²) in [6.07, 6.45) is 0. The molecule has 3 N–H and O–H groups in total. The predicted molar refractivity (Wildman–Crippen MR) is 110 cm³/mol. The van der Waals surface area contributed by atoms with Gasteiger partial charge < -0.3 is 16.0 Å². The summed E-state index contributed by atoms with van der Waals surface area (Å²) in [6.45, 7) is 3.22. The third-order valence-electron chi connectivity index (χ3n) is 3.67. The zero-order valence-corrected chi connectivity index (χ0v) is 16.0. The molecule has 3 rings (SSSR count). The van der Waals surface area contributed by atoms with Crippen molar-refractivity contribution in [1.29, 1.82) is 0 Å². The molecule has 0 aliphatic carbocycles. The fraction of sp³-hybridized carbons (Fsp3) is 0.100. The summed E-state index contributed by atoms with van der Waals surface area (Å²) in [5.74, 6) is -0.240. The van der Waals surface area contributed by atoms with Crippen molar-refractivity contribution < 1.29 is 9.59 Å². The highest BCUT2D eigenvalue weighted by Crippen LogP contribution is 2.22. The van der Waals surface area contributed by atoms with Crippen LogP contribution >= 0.6 is 11.6 Å². The molecule has 0 atom stereocenters. The topological polar surface area (TPSA) is 96.0 Å². The van der Waals surface area contributed by atoms with Gasteiger partial charge in [0, 0.05) is 24.0 Å². The highest BCUT2D eigenvalue weighted by Gasteiger charge is 2.12. The zero-order valence-electron chi connectivity index (χ0n) is 15.3. The van der Waals surface area contributed by atoms with Crippen LogP contribution < -0.4 is 16.0 Å². The van der Waals surface area contributed by atoms with Gasteiger partial charge >= 0.3 is 0 Å². The first-order chi connectivity index (χ1) is 13.4. The first-order valence-electron chi connectivity index (χ1n) is 8.47. The van der Waals surface area contributed by atoms with E-state index in [1.165, 1.54) is 6.92 Å². The Morgan fingerprint density at radius 1 is 0.929 bits per heavy atom. The second-order valence-electron chi connectivity index (χ2n) is 6.04. The van der Waals surface area contributed by atoms with Crippen LogP contribution in [0.15, 0.2) is 54.6 Å². The monoisotopic (exact) mass is 395 g/mol. The van der Waals surface area contributed by atoms with Gasteiger partial charge in [-0.1, -0.05) is 23.7 Å². The average Bonchev–Trinajstić information content (AvgIpc) is 2.64. The minimum atomic E-state index is -0.386. The minimum Gasteiger partial charge on any atom is -0.326 e. The van der Waals surface area contributed by atoms with E-state index < -0.39 is 0 Å². The van der Waals surface area contributed by atoms with Crippen molar-refractivity contribution in [3.63, 3.8) is 0 Å². The van der Waals surface area contributed by atoms with Crippen LogP contribution in [0.4, 0.5) is 23.0 Å². The molecule has 3 aromatic rings. The molecule has 0 aliphatic rings. The minimum absolute atomic E-state index is 0.142. The maximum absolute atomic E-state index is 12.5. The molecule has 2 amide bonds. The standard InChI is InChI=1S/C20H18ClN5O2/c1-12-11-18(19(28)25-17-6-4-3-5-16(17)21)26-20(22-12)24-15-9-7-14(8-10-15)23-13(2)27/h3-11H,1-2H3,(H,23,27)(H,25,28)(H,22,24,26). The second kappa shape index (κ2) is 8.49. The van der Waals surface area contributed by atoms with E-state index in [0.29, 0.717) is 22.1 Å². The Hall–Kier alpha value is -3.45. The molecule has 0 saturated carbocycles. The van der Waals surface area contributed by atoms with E-state index in [0.717, 1.165) is 5.69 Å². The molecule has 28 heavy (non-hydrogen) atoms. The number of anilines is 4. The maximum atomic E-state index is 12.5. The van der Waals surface area contributed by atoms with Gasteiger partial charge in [-0.15, -0.1) is 0 Å². The summed E-state index contributed by atoms with van der Waals surface area (Å²) < 4.78 is 0. The Morgan fingerprint density at radius 3 is 2.29 bits per heavy atom. The Labute approximate surface area is 167 Å². The first-order valence-corrected chi connectivity index (χ1v) is 8.85. The number of nitrogens with zero attached hydrogens (tertiary/aromatic N) is 2. The molecule has 0 fully saturated rings. The molecular weight excluding hydrogens is 378 g/mol. The summed E-state index contributed by atoms with van der Waals surface area (Å²) in [4.78, 5) is 32.2. The van der Waals surface area contributed by atoms with Crippen LogP contribution in [-0.2, 0) is 4.79 Å². The summed E-state index contributed by atoms with van der Waals surface area (Å²) in [5.41, 5.74) is 2.76. The molecule has 7 nitrogen and oxygen atoms in total. The highest BCUT2D eigenvalue weighted by atomic mass is 35.5. The van der Waals surface area contributed by atoms with E-state index in [1.54, 1.807) is 61.5 Å². The van der Waals surface area contributed by atoms with Gasteiger partial charge in [-0.25, -0.2) is 9.97 Å². The van der Waals surface area contributed by atoms with Crippen molar-refractivity contribution in [2.24, 2.45) is 0 Å². The molecule has 8 heteroatoms.